The Bertz CT molecular complexity index is 722. The predicted molar refractivity (Wildman–Crippen MR) is 86.7 cm³/mol. The number of aliphatic carboxylic acids is 1. The normalized spacial score (nSPS) is 30.9. The van der Waals surface area contributed by atoms with Crippen molar-refractivity contribution in [2.45, 2.75) is 32.4 Å². The van der Waals surface area contributed by atoms with E-state index in [4.69, 9.17) is 0 Å². The predicted octanol–water partition coefficient (Wildman–Crippen LogP) is 2.18. The number of carbonyl (C=O) groups is 2. The molecule has 1 aliphatic carbocycles. The highest BCUT2D eigenvalue weighted by molar-refractivity contribution is 5.91. The topological polar surface area (TPSA) is 69.6 Å². The van der Waals surface area contributed by atoms with E-state index in [9.17, 15) is 23.5 Å². The van der Waals surface area contributed by atoms with Gasteiger partial charge in [0.25, 0.3) is 0 Å². The molecule has 2 fully saturated rings. The van der Waals surface area contributed by atoms with E-state index in [0.717, 1.165) is 12.1 Å². The summed E-state index contributed by atoms with van der Waals surface area (Å²) in [6.45, 7) is 4.23. The number of rotatable bonds is 4. The van der Waals surface area contributed by atoms with E-state index in [-0.39, 0.29) is 18.0 Å². The third kappa shape index (κ3) is 3.01. The molecule has 7 heteroatoms. The van der Waals surface area contributed by atoms with Crippen LogP contribution >= 0.6 is 0 Å². The van der Waals surface area contributed by atoms with Crippen molar-refractivity contribution in [2.24, 2.45) is 17.3 Å². The Morgan fingerprint density at radius 3 is 2.48 bits per heavy atom. The molecule has 0 aromatic heterocycles. The summed E-state index contributed by atoms with van der Waals surface area (Å²) >= 11 is 0. The zero-order valence-electron chi connectivity index (χ0n) is 14.4. The first-order valence-corrected chi connectivity index (χ1v) is 8.33. The van der Waals surface area contributed by atoms with Gasteiger partial charge in [0.15, 0.2) is 11.6 Å². The number of carboxylic acid groups (broad SMARTS) is 1. The van der Waals surface area contributed by atoms with Crippen molar-refractivity contribution in [3.8, 4) is 0 Å². The van der Waals surface area contributed by atoms with Gasteiger partial charge in [0.1, 0.15) is 0 Å². The quantitative estimate of drug-likeness (QED) is 0.872. The van der Waals surface area contributed by atoms with Crippen LogP contribution in [0.1, 0.15) is 31.9 Å². The summed E-state index contributed by atoms with van der Waals surface area (Å²) in [6, 6.07) is 3.21. The molecule has 5 nitrogen and oxygen atoms in total. The Morgan fingerprint density at radius 2 is 1.92 bits per heavy atom. The first-order valence-electron chi connectivity index (χ1n) is 8.33. The number of nitrogens with one attached hydrogen (secondary N) is 1. The van der Waals surface area contributed by atoms with E-state index >= 15 is 0 Å². The zero-order valence-corrected chi connectivity index (χ0v) is 14.4. The molecule has 1 aliphatic heterocycles. The monoisotopic (exact) mass is 352 g/mol. The molecule has 2 aliphatic rings. The number of hydrogen-bond acceptors (Lipinski definition) is 3. The fourth-order valence-electron chi connectivity index (χ4n) is 4.14. The number of benzene rings is 1. The molecule has 4 atom stereocenters. The maximum absolute atomic E-state index is 13.6. The van der Waals surface area contributed by atoms with Crippen molar-refractivity contribution in [3.05, 3.63) is 35.4 Å². The second kappa shape index (κ2) is 6.05. The van der Waals surface area contributed by atoms with Gasteiger partial charge in [-0.3, -0.25) is 14.5 Å². The largest absolute Gasteiger partial charge is 0.481 e. The maximum Gasteiger partial charge on any atom is 0.307 e. The standard InChI is InChI=1S/C18H22F2N2O3/c1-18(2)13(14(18)17(24)25)16(23)21-12-6-7-22(3)15(12)9-4-5-10(19)11(20)8-9/h4-5,8,12-15H,6-7H2,1-3H3,(H,21,23)(H,24,25)/t12?,13-,14+,15?/m0/s1. The molecule has 0 radical (unpaired) electrons. The number of carboxylic acids is 1. The second-order valence-electron chi connectivity index (χ2n) is 7.62. The van der Waals surface area contributed by atoms with Gasteiger partial charge in [0.2, 0.25) is 5.91 Å². The second-order valence-corrected chi connectivity index (χ2v) is 7.62. The van der Waals surface area contributed by atoms with Gasteiger partial charge in [-0.15, -0.1) is 0 Å². The molecule has 1 aromatic carbocycles. The molecule has 25 heavy (non-hydrogen) atoms. The van der Waals surface area contributed by atoms with E-state index in [2.05, 4.69) is 5.32 Å². The van der Waals surface area contributed by atoms with Gasteiger partial charge in [-0.05, 0) is 36.6 Å². The summed E-state index contributed by atoms with van der Waals surface area (Å²) in [5, 5.41) is 12.2. The zero-order chi connectivity index (χ0) is 18.5. The van der Waals surface area contributed by atoms with E-state index in [0.29, 0.717) is 18.5 Å². The summed E-state index contributed by atoms with van der Waals surface area (Å²) in [6.07, 6.45) is 0.663. The Morgan fingerprint density at radius 1 is 1.24 bits per heavy atom. The van der Waals surface area contributed by atoms with Gasteiger partial charge < -0.3 is 10.4 Å². The highest BCUT2D eigenvalue weighted by Crippen LogP contribution is 2.58. The summed E-state index contributed by atoms with van der Waals surface area (Å²) in [4.78, 5) is 25.8. The van der Waals surface area contributed by atoms with Crippen molar-refractivity contribution >= 4 is 11.9 Å². The molecule has 0 bridgehead atoms. The minimum atomic E-state index is -0.967. The van der Waals surface area contributed by atoms with Crippen LogP contribution in [0.5, 0.6) is 0 Å². The lowest BCUT2D eigenvalue weighted by Gasteiger charge is -2.26. The minimum absolute atomic E-state index is 0.270. The Balaban J connectivity index is 1.76. The van der Waals surface area contributed by atoms with Crippen LogP contribution in [0.15, 0.2) is 18.2 Å². The highest BCUT2D eigenvalue weighted by atomic mass is 19.2. The third-order valence-corrected chi connectivity index (χ3v) is 5.64. The SMILES string of the molecule is CN1CCC(NC(=O)[C@@H]2[C@H](C(=O)O)C2(C)C)C1c1ccc(F)c(F)c1. The fraction of sp³-hybridized carbons (Fsp3) is 0.556. The lowest BCUT2D eigenvalue weighted by Crippen LogP contribution is -2.40. The van der Waals surface area contributed by atoms with Crippen LogP contribution in [0, 0.1) is 28.9 Å². The molecule has 1 aromatic rings. The van der Waals surface area contributed by atoms with Crippen LogP contribution in [0.2, 0.25) is 0 Å². The molecular weight excluding hydrogens is 330 g/mol. The number of hydrogen-bond donors (Lipinski definition) is 2. The van der Waals surface area contributed by atoms with Crippen molar-refractivity contribution in [1.82, 2.24) is 10.2 Å². The highest BCUT2D eigenvalue weighted by Gasteiger charge is 2.66. The first kappa shape index (κ1) is 17.8. The number of carbonyl (C=O) groups excluding carboxylic acids is 1. The van der Waals surface area contributed by atoms with E-state index < -0.39 is 34.9 Å². The van der Waals surface area contributed by atoms with Crippen LogP contribution in [0.25, 0.3) is 0 Å². The molecule has 1 amide bonds. The Hall–Kier alpha value is -2.02. The molecular formula is C18H22F2N2O3. The minimum Gasteiger partial charge on any atom is -0.481 e. The van der Waals surface area contributed by atoms with Gasteiger partial charge in [-0.1, -0.05) is 19.9 Å². The average molecular weight is 352 g/mol. The summed E-state index contributed by atoms with van der Waals surface area (Å²) in [5.41, 5.74) is 0.0202. The van der Waals surface area contributed by atoms with Gasteiger partial charge >= 0.3 is 5.97 Å². The van der Waals surface area contributed by atoms with Crippen LogP contribution in [-0.2, 0) is 9.59 Å². The van der Waals surface area contributed by atoms with Crippen molar-refractivity contribution in [1.29, 1.82) is 0 Å². The van der Waals surface area contributed by atoms with E-state index in [1.165, 1.54) is 6.07 Å². The number of likely N-dealkylation sites (N-methyl/N-ethyl adjacent to an activating group) is 1. The molecule has 3 rings (SSSR count). The summed E-state index contributed by atoms with van der Waals surface area (Å²) in [7, 11) is 1.86. The number of likely N-dealkylation sites (tertiary alicyclic amines) is 1. The molecule has 0 spiro atoms. The number of nitrogens with zero attached hydrogens (tertiary/aromatic N) is 1. The van der Waals surface area contributed by atoms with Crippen LogP contribution in [0.4, 0.5) is 8.78 Å². The Kier molecular flexibility index (Phi) is 4.31. The van der Waals surface area contributed by atoms with Crippen LogP contribution in [-0.4, -0.2) is 41.5 Å². The lowest BCUT2D eigenvalue weighted by molar-refractivity contribution is -0.140. The lowest BCUT2D eigenvalue weighted by atomic mass is 9.99. The molecule has 136 valence electrons. The molecule has 1 saturated heterocycles. The van der Waals surface area contributed by atoms with Crippen LogP contribution < -0.4 is 5.32 Å². The smallest absolute Gasteiger partial charge is 0.307 e. The fourth-order valence-corrected chi connectivity index (χ4v) is 4.14. The first-order chi connectivity index (χ1) is 11.6. The van der Waals surface area contributed by atoms with E-state index in [1.54, 1.807) is 13.8 Å². The summed E-state index contributed by atoms with van der Waals surface area (Å²) in [5.74, 6) is -4.34. The average Bonchev–Trinajstić information content (AvgIpc) is 2.93. The van der Waals surface area contributed by atoms with Gasteiger partial charge in [0.05, 0.1) is 17.9 Å². The summed E-state index contributed by atoms with van der Waals surface area (Å²) < 4.78 is 26.8. The number of amides is 1. The van der Waals surface area contributed by atoms with Gasteiger partial charge in [-0.25, -0.2) is 8.78 Å². The van der Waals surface area contributed by atoms with Gasteiger partial charge in [0, 0.05) is 12.6 Å². The molecule has 2 unspecified atom stereocenters. The van der Waals surface area contributed by atoms with E-state index in [1.807, 2.05) is 11.9 Å². The molecule has 1 heterocycles. The number of halogens is 2. The van der Waals surface area contributed by atoms with Crippen molar-refractivity contribution in [3.63, 3.8) is 0 Å². The molecule has 2 N–H and O–H groups in total. The van der Waals surface area contributed by atoms with Crippen LogP contribution in [0.3, 0.4) is 0 Å². The van der Waals surface area contributed by atoms with Gasteiger partial charge in [-0.2, -0.15) is 0 Å². The van der Waals surface area contributed by atoms with Crippen molar-refractivity contribution in [2.75, 3.05) is 13.6 Å². The maximum atomic E-state index is 13.6. The molecule has 1 saturated carbocycles. The third-order valence-electron chi connectivity index (χ3n) is 5.64. The Labute approximate surface area is 145 Å². The van der Waals surface area contributed by atoms with Crippen molar-refractivity contribution < 1.29 is 23.5 Å².